The van der Waals surface area contributed by atoms with Crippen LogP contribution in [0.1, 0.15) is 56.1 Å². The van der Waals surface area contributed by atoms with E-state index in [2.05, 4.69) is 5.32 Å². The van der Waals surface area contributed by atoms with Crippen LogP contribution in [0.15, 0.2) is 29.2 Å². The molecule has 1 heterocycles. The first kappa shape index (κ1) is 20.1. The van der Waals surface area contributed by atoms with Crippen LogP contribution in [0.3, 0.4) is 0 Å². The number of amides is 2. The molecule has 1 saturated heterocycles. The summed E-state index contributed by atoms with van der Waals surface area (Å²) in [6, 6.07) is 8.38. The molecule has 6 heteroatoms. The van der Waals surface area contributed by atoms with Crippen molar-refractivity contribution >= 4 is 46.2 Å². The van der Waals surface area contributed by atoms with Crippen LogP contribution in [0.5, 0.6) is 0 Å². The fraction of sp³-hybridized carbons (Fsp3) is 0.476. The Hall–Kier alpha value is -1.66. The van der Waals surface area contributed by atoms with Gasteiger partial charge >= 0.3 is 0 Å². The standard InChI is InChI=1S/C21H26N2O2S2/c1-15-9-11-16(12-10-15)14-18-20(25)23(21(26)27-18)13-5-8-19(24)22-17-6-3-2-4-7-17/h9-12,14,17H,2-8,13H2,1H3,(H,22,24)/b18-14+. The zero-order valence-corrected chi connectivity index (χ0v) is 17.3. The van der Waals surface area contributed by atoms with Gasteiger partial charge < -0.3 is 5.32 Å². The van der Waals surface area contributed by atoms with E-state index in [1.807, 2.05) is 37.3 Å². The van der Waals surface area contributed by atoms with Gasteiger partial charge in [0.1, 0.15) is 4.32 Å². The minimum Gasteiger partial charge on any atom is -0.353 e. The van der Waals surface area contributed by atoms with Crippen LogP contribution >= 0.6 is 24.0 Å². The number of hydrogen-bond donors (Lipinski definition) is 1. The molecule has 4 nitrogen and oxygen atoms in total. The average molecular weight is 403 g/mol. The summed E-state index contributed by atoms with van der Waals surface area (Å²) in [4.78, 5) is 27.0. The number of thiocarbonyl (C=S) groups is 1. The van der Waals surface area contributed by atoms with E-state index in [0.29, 0.717) is 34.7 Å². The molecule has 2 aliphatic rings. The first-order valence-corrected chi connectivity index (χ1v) is 10.9. The summed E-state index contributed by atoms with van der Waals surface area (Å²) in [5.74, 6) is 0.0285. The molecule has 0 aromatic heterocycles. The summed E-state index contributed by atoms with van der Waals surface area (Å²) in [6.45, 7) is 2.53. The normalized spacial score (nSPS) is 19.7. The Kier molecular flexibility index (Phi) is 7.07. The molecule has 0 radical (unpaired) electrons. The minimum absolute atomic E-state index is 0.0572. The van der Waals surface area contributed by atoms with Crippen LogP contribution in [-0.2, 0) is 9.59 Å². The van der Waals surface area contributed by atoms with Crippen LogP contribution in [0.2, 0.25) is 0 Å². The predicted molar refractivity (Wildman–Crippen MR) is 115 cm³/mol. The first-order valence-electron chi connectivity index (χ1n) is 9.64. The minimum atomic E-state index is -0.0572. The van der Waals surface area contributed by atoms with Crippen molar-refractivity contribution in [2.45, 2.75) is 57.9 Å². The lowest BCUT2D eigenvalue weighted by molar-refractivity contribution is -0.124. The van der Waals surface area contributed by atoms with E-state index in [0.717, 1.165) is 18.4 Å². The maximum atomic E-state index is 12.6. The second kappa shape index (κ2) is 9.51. The summed E-state index contributed by atoms with van der Waals surface area (Å²) in [5, 5.41) is 3.12. The fourth-order valence-corrected chi connectivity index (χ4v) is 4.76. The van der Waals surface area contributed by atoms with Gasteiger partial charge in [-0.3, -0.25) is 14.5 Å². The highest BCUT2D eigenvalue weighted by Gasteiger charge is 2.31. The third kappa shape index (κ3) is 5.66. The Morgan fingerprint density at radius 1 is 1.26 bits per heavy atom. The topological polar surface area (TPSA) is 49.4 Å². The maximum absolute atomic E-state index is 12.6. The predicted octanol–water partition coefficient (Wildman–Crippen LogP) is 4.43. The zero-order valence-electron chi connectivity index (χ0n) is 15.7. The van der Waals surface area contributed by atoms with Crippen molar-refractivity contribution in [3.05, 3.63) is 40.3 Å². The molecule has 27 heavy (non-hydrogen) atoms. The summed E-state index contributed by atoms with van der Waals surface area (Å²) in [6.07, 6.45) is 8.80. The van der Waals surface area contributed by atoms with Gasteiger partial charge in [-0.25, -0.2) is 0 Å². The Morgan fingerprint density at radius 2 is 1.96 bits per heavy atom. The van der Waals surface area contributed by atoms with Crippen molar-refractivity contribution < 1.29 is 9.59 Å². The van der Waals surface area contributed by atoms with Crippen molar-refractivity contribution in [3.8, 4) is 0 Å². The molecule has 1 saturated carbocycles. The van der Waals surface area contributed by atoms with Gasteiger partial charge in [-0.2, -0.15) is 0 Å². The second-order valence-electron chi connectivity index (χ2n) is 7.25. The molecular weight excluding hydrogens is 376 g/mol. The van der Waals surface area contributed by atoms with Gasteiger partial charge in [0.05, 0.1) is 4.91 Å². The first-order chi connectivity index (χ1) is 13.0. The number of carbonyl (C=O) groups is 2. The number of benzene rings is 1. The van der Waals surface area contributed by atoms with Gasteiger partial charge in [0.2, 0.25) is 5.91 Å². The van der Waals surface area contributed by atoms with E-state index in [1.54, 1.807) is 4.90 Å². The molecule has 3 rings (SSSR count). The highest BCUT2D eigenvalue weighted by Crippen LogP contribution is 2.32. The lowest BCUT2D eigenvalue weighted by atomic mass is 9.95. The van der Waals surface area contributed by atoms with Crippen LogP contribution < -0.4 is 5.32 Å². The van der Waals surface area contributed by atoms with E-state index < -0.39 is 0 Å². The van der Waals surface area contributed by atoms with Gasteiger partial charge in [0.15, 0.2) is 0 Å². The molecule has 144 valence electrons. The average Bonchev–Trinajstić information content (AvgIpc) is 2.92. The Bertz CT molecular complexity index is 737. The number of hydrogen-bond acceptors (Lipinski definition) is 4. The van der Waals surface area contributed by atoms with Crippen molar-refractivity contribution in [1.82, 2.24) is 10.2 Å². The lowest BCUT2D eigenvalue weighted by Crippen LogP contribution is -2.36. The Balaban J connectivity index is 1.48. The maximum Gasteiger partial charge on any atom is 0.266 e. The number of nitrogens with one attached hydrogen (secondary N) is 1. The zero-order chi connectivity index (χ0) is 19.2. The number of nitrogens with zero attached hydrogens (tertiary/aromatic N) is 1. The van der Waals surface area contributed by atoms with Crippen LogP contribution in [0.4, 0.5) is 0 Å². The van der Waals surface area contributed by atoms with E-state index in [1.165, 1.54) is 36.6 Å². The Labute approximate surface area is 170 Å². The monoisotopic (exact) mass is 402 g/mol. The third-order valence-electron chi connectivity index (χ3n) is 5.00. The van der Waals surface area contributed by atoms with Crippen molar-refractivity contribution in [2.24, 2.45) is 0 Å². The second-order valence-corrected chi connectivity index (χ2v) is 8.93. The number of carbonyl (C=O) groups excluding carboxylic acids is 2. The van der Waals surface area contributed by atoms with Crippen molar-refractivity contribution in [1.29, 1.82) is 0 Å². The van der Waals surface area contributed by atoms with Gasteiger partial charge in [0.25, 0.3) is 5.91 Å². The molecule has 2 amide bonds. The number of rotatable bonds is 6. The molecule has 1 aromatic rings. The molecule has 1 N–H and O–H groups in total. The van der Waals surface area contributed by atoms with E-state index in [4.69, 9.17) is 12.2 Å². The summed E-state index contributed by atoms with van der Waals surface area (Å²) >= 11 is 6.70. The SMILES string of the molecule is Cc1ccc(/C=C2/SC(=S)N(CCCC(=O)NC3CCCCC3)C2=O)cc1. The van der Waals surface area contributed by atoms with E-state index >= 15 is 0 Å². The summed E-state index contributed by atoms with van der Waals surface area (Å²) < 4.78 is 0.575. The molecule has 2 fully saturated rings. The summed E-state index contributed by atoms with van der Waals surface area (Å²) in [5.41, 5.74) is 2.18. The number of aryl methyl sites for hydroxylation is 1. The lowest BCUT2D eigenvalue weighted by Gasteiger charge is -2.23. The third-order valence-corrected chi connectivity index (χ3v) is 6.38. The van der Waals surface area contributed by atoms with E-state index in [9.17, 15) is 9.59 Å². The quantitative estimate of drug-likeness (QED) is 0.565. The fourth-order valence-electron chi connectivity index (χ4n) is 3.45. The molecule has 1 aliphatic carbocycles. The largest absolute Gasteiger partial charge is 0.353 e. The van der Waals surface area contributed by atoms with Crippen LogP contribution in [0, 0.1) is 6.92 Å². The molecule has 0 bridgehead atoms. The van der Waals surface area contributed by atoms with Gasteiger partial charge in [-0.05, 0) is 37.8 Å². The van der Waals surface area contributed by atoms with Crippen molar-refractivity contribution in [2.75, 3.05) is 6.54 Å². The molecular formula is C21H26N2O2S2. The number of thioether (sulfide) groups is 1. The van der Waals surface area contributed by atoms with Crippen molar-refractivity contribution in [3.63, 3.8) is 0 Å². The molecule has 0 atom stereocenters. The van der Waals surface area contributed by atoms with Gasteiger partial charge in [0, 0.05) is 19.0 Å². The molecule has 0 spiro atoms. The Morgan fingerprint density at radius 3 is 2.67 bits per heavy atom. The summed E-state index contributed by atoms with van der Waals surface area (Å²) in [7, 11) is 0. The smallest absolute Gasteiger partial charge is 0.266 e. The van der Waals surface area contributed by atoms with Crippen LogP contribution in [-0.4, -0.2) is 33.6 Å². The molecule has 1 aromatic carbocycles. The molecule has 1 aliphatic heterocycles. The van der Waals surface area contributed by atoms with Gasteiger partial charge in [-0.1, -0.05) is 73.1 Å². The molecule has 0 unspecified atom stereocenters. The van der Waals surface area contributed by atoms with E-state index in [-0.39, 0.29) is 11.8 Å². The van der Waals surface area contributed by atoms with Gasteiger partial charge in [-0.15, -0.1) is 0 Å². The van der Waals surface area contributed by atoms with Crippen LogP contribution in [0.25, 0.3) is 6.08 Å². The highest BCUT2D eigenvalue weighted by molar-refractivity contribution is 8.26. The highest BCUT2D eigenvalue weighted by atomic mass is 32.2.